The van der Waals surface area contributed by atoms with Gasteiger partial charge < -0.3 is 18.3 Å². The Morgan fingerprint density at radius 3 is 0.974 bits per heavy atom. The Morgan fingerprint density at radius 1 is 0.273 bits per heavy atom. The molecular formula is C67H46F6N4. The number of aromatic nitrogens is 4. The Labute approximate surface area is 437 Å². The Bertz CT molecular complexity index is 4390. The lowest BCUT2D eigenvalue weighted by molar-refractivity contribution is -0.138. The SMILES string of the molecule is CCC(CC)(c1ccc2c(c1)c1ccc3c4ccccc4n(-c4cccc(C(F)(F)F)c4)c3c1n2-c1ccccc1)c1ccc2c(c1)c1ccc3c4ccccc4n(-c4cccc(C(F)(F)F)c4)c3c1n2-c1ccccc1. The predicted octanol–water partition coefficient (Wildman–Crippen LogP) is 19.2. The molecule has 77 heavy (non-hydrogen) atoms. The highest BCUT2D eigenvalue weighted by atomic mass is 19.4. The summed E-state index contributed by atoms with van der Waals surface area (Å²) in [5, 5.41) is 7.70. The number of hydrogen-bond donors (Lipinski definition) is 0. The highest BCUT2D eigenvalue weighted by molar-refractivity contribution is 6.25. The first-order valence-corrected chi connectivity index (χ1v) is 25.9. The molecule has 0 N–H and O–H groups in total. The van der Waals surface area contributed by atoms with Gasteiger partial charge in [-0.2, -0.15) is 26.3 Å². The number of alkyl halides is 6. The van der Waals surface area contributed by atoms with E-state index in [1.807, 2.05) is 94.1 Å². The lowest BCUT2D eigenvalue weighted by Gasteiger charge is -2.33. The van der Waals surface area contributed by atoms with E-state index in [0.717, 1.165) is 135 Å². The molecule has 0 saturated heterocycles. The smallest absolute Gasteiger partial charge is 0.307 e. The molecule has 0 aliphatic carbocycles. The number of nitrogens with zero attached hydrogens (tertiary/aromatic N) is 4. The van der Waals surface area contributed by atoms with Crippen LogP contribution in [0, 0.1) is 0 Å². The van der Waals surface area contributed by atoms with Crippen LogP contribution in [0.1, 0.15) is 48.9 Å². The van der Waals surface area contributed by atoms with E-state index in [0.29, 0.717) is 11.4 Å². The second-order valence-corrected chi connectivity index (χ2v) is 20.1. The molecule has 10 aromatic carbocycles. The van der Waals surface area contributed by atoms with Crippen molar-refractivity contribution in [1.82, 2.24) is 18.3 Å². The quantitative estimate of drug-likeness (QED) is 0.135. The fourth-order valence-electron chi connectivity index (χ4n) is 12.8. The van der Waals surface area contributed by atoms with Gasteiger partial charge in [-0.05, 0) is 121 Å². The summed E-state index contributed by atoms with van der Waals surface area (Å²) in [6.07, 6.45) is -7.54. The Balaban J connectivity index is 1.03. The highest BCUT2D eigenvalue weighted by Gasteiger charge is 2.35. The Morgan fingerprint density at radius 2 is 0.597 bits per heavy atom. The van der Waals surface area contributed by atoms with Crippen LogP contribution in [0.3, 0.4) is 0 Å². The largest absolute Gasteiger partial charge is 0.416 e. The summed E-state index contributed by atoms with van der Waals surface area (Å²) in [4.78, 5) is 0. The summed E-state index contributed by atoms with van der Waals surface area (Å²) in [6.45, 7) is 4.46. The van der Waals surface area contributed by atoms with Crippen molar-refractivity contribution in [3.63, 3.8) is 0 Å². The third-order valence-corrected chi connectivity index (χ3v) is 16.3. The topological polar surface area (TPSA) is 19.7 Å². The van der Waals surface area contributed by atoms with Crippen LogP contribution in [0.5, 0.6) is 0 Å². The van der Waals surface area contributed by atoms with Crippen LogP contribution in [0.4, 0.5) is 26.3 Å². The molecule has 376 valence electrons. The maximum absolute atomic E-state index is 14.4. The monoisotopic (exact) mass is 1020 g/mol. The molecule has 0 radical (unpaired) electrons. The van der Waals surface area contributed by atoms with E-state index in [4.69, 9.17) is 0 Å². The van der Waals surface area contributed by atoms with Crippen molar-refractivity contribution in [2.24, 2.45) is 0 Å². The molecule has 14 aromatic rings. The van der Waals surface area contributed by atoms with Gasteiger partial charge in [-0.1, -0.05) is 135 Å². The van der Waals surface area contributed by atoms with Gasteiger partial charge in [0.05, 0.1) is 55.3 Å². The van der Waals surface area contributed by atoms with Gasteiger partial charge in [0.25, 0.3) is 0 Å². The van der Waals surface area contributed by atoms with E-state index >= 15 is 0 Å². The summed E-state index contributed by atoms with van der Waals surface area (Å²) in [7, 11) is 0. The summed E-state index contributed by atoms with van der Waals surface area (Å²) >= 11 is 0. The minimum atomic E-state index is -4.53. The molecule has 10 heteroatoms. The molecule has 4 nitrogen and oxygen atoms in total. The van der Waals surface area contributed by atoms with Crippen molar-refractivity contribution < 1.29 is 26.3 Å². The second-order valence-electron chi connectivity index (χ2n) is 20.1. The average molecular weight is 1020 g/mol. The van der Waals surface area contributed by atoms with Crippen LogP contribution in [0.25, 0.3) is 110 Å². The highest BCUT2D eigenvalue weighted by Crippen LogP contribution is 2.48. The van der Waals surface area contributed by atoms with Gasteiger partial charge in [-0.15, -0.1) is 0 Å². The van der Waals surface area contributed by atoms with E-state index in [1.54, 1.807) is 12.1 Å². The predicted molar refractivity (Wildman–Crippen MR) is 302 cm³/mol. The molecule has 4 heterocycles. The van der Waals surface area contributed by atoms with Crippen LogP contribution in [0.15, 0.2) is 218 Å². The number of fused-ring (bicyclic) bond motifs is 14. The second kappa shape index (κ2) is 17.0. The van der Waals surface area contributed by atoms with Gasteiger partial charge in [-0.3, -0.25) is 0 Å². The number of benzene rings is 10. The van der Waals surface area contributed by atoms with Crippen molar-refractivity contribution in [2.75, 3.05) is 0 Å². The zero-order valence-electron chi connectivity index (χ0n) is 41.8. The van der Waals surface area contributed by atoms with Gasteiger partial charge in [-0.25, -0.2) is 0 Å². The fraction of sp³-hybridized carbons (Fsp3) is 0.104. The normalized spacial score (nSPS) is 12.8. The maximum atomic E-state index is 14.4. The molecule has 0 spiro atoms. The van der Waals surface area contributed by atoms with E-state index in [-0.39, 0.29) is 0 Å². The van der Waals surface area contributed by atoms with Crippen LogP contribution in [-0.4, -0.2) is 18.3 Å². The number of para-hydroxylation sites is 4. The van der Waals surface area contributed by atoms with Gasteiger partial charge in [0.2, 0.25) is 0 Å². The molecule has 14 rings (SSSR count). The first-order chi connectivity index (χ1) is 37.4. The molecule has 0 atom stereocenters. The standard InChI is InChI=1S/C67H46F6N4/c1-3-65(4-2,41-29-35-59-55(39-41)53-33-31-51-49-25-11-13-27-57(49)76(47-23-15-17-43(37-47)66(68,69)70)61(51)63(53)74(59)45-19-7-5-8-20-45)42-30-36-60-56(40-42)54-34-32-52-50-26-12-14-28-58(50)77(48-24-16-18-44(38-48)67(71,72)73)62(52)64(54)75(60)46-21-9-6-10-22-46/h5-40H,3-4H2,1-2H3. The molecule has 0 unspecified atom stereocenters. The zero-order chi connectivity index (χ0) is 52.5. The number of rotatable bonds is 8. The minimum Gasteiger partial charge on any atom is -0.307 e. The molecule has 0 bridgehead atoms. The van der Waals surface area contributed by atoms with Gasteiger partial charge in [0.15, 0.2) is 0 Å². The van der Waals surface area contributed by atoms with Crippen molar-refractivity contribution in [2.45, 2.75) is 44.5 Å². The van der Waals surface area contributed by atoms with Crippen LogP contribution < -0.4 is 0 Å². The molecule has 0 aliphatic heterocycles. The third kappa shape index (κ3) is 6.86. The first-order valence-electron chi connectivity index (χ1n) is 25.9. The van der Waals surface area contributed by atoms with Gasteiger partial charge in [0.1, 0.15) is 0 Å². The Kier molecular flexibility index (Phi) is 10.3. The van der Waals surface area contributed by atoms with Crippen molar-refractivity contribution in [3.05, 3.63) is 241 Å². The molecular weight excluding hydrogens is 975 g/mol. The lowest BCUT2D eigenvalue weighted by Crippen LogP contribution is -2.26. The Hall–Kier alpha value is -9.02. The van der Waals surface area contributed by atoms with Crippen molar-refractivity contribution in [3.8, 4) is 22.7 Å². The first kappa shape index (κ1) is 46.5. The summed E-state index contributed by atoms with van der Waals surface area (Å²) in [5.41, 5.74) is 9.94. The summed E-state index contributed by atoms with van der Waals surface area (Å²) < 4.78 is 94.9. The summed E-state index contributed by atoms with van der Waals surface area (Å²) in [6, 6.07) is 69.3. The lowest BCUT2D eigenvalue weighted by atomic mass is 9.70. The van der Waals surface area contributed by atoms with Gasteiger partial charge in [0, 0.05) is 71.3 Å². The molecule has 0 saturated carbocycles. The maximum Gasteiger partial charge on any atom is 0.416 e. The fourth-order valence-corrected chi connectivity index (χ4v) is 12.8. The third-order valence-electron chi connectivity index (χ3n) is 16.3. The van der Waals surface area contributed by atoms with Crippen molar-refractivity contribution in [1.29, 1.82) is 0 Å². The van der Waals surface area contributed by atoms with Gasteiger partial charge >= 0.3 is 12.4 Å². The summed E-state index contributed by atoms with van der Waals surface area (Å²) in [5.74, 6) is 0. The van der Waals surface area contributed by atoms with Crippen LogP contribution in [-0.2, 0) is 17.8 Å². The van der Waals surface area contributed by atoms with E-state index in [9.17, 15) is 26.3 Å². The van der Waals surface area contributed by atoms with E-state index in [2.05, 4.69) is 108 Å². The van der Waals surface area contributed by atoms with E-state index in [1.165, 1.54) is 24.3 Å². The van der Waals surface area contributed by atoms with E-state index < -0.39 is 28.9 Å². The number of halogens is 6. The molecule has 0 fully saturated rings. The number of hydrogen-bond acceptors (Lipinski definition) is 0. The van der Waals surface area contributed by atoms with Crippen molar-refractivity contribution >= 4 is 87.2 Å². The van der Waals surface area contributed by atoms with Crippen LogP contribution >= 0.6 is 0 Å². The zero-order valence-corrected chi connectivity index (χ0v) is 41.8. The van der Waals surface area contributed by atoms with Crippen LogP contribution in [0.2, 0.25) is 0 Å². The molecule has 4 aromatic heterocycles. The average Bonchev–Trinajstić information content (AvgIpc) is 4.31. The molecule has 0 amide bonds. The molecule has 0 aliphatic rings. The minimum absolute atomic E-state index is 0.418.